The first-order chi connectivity index (χ1) is 24.7. The monoisotopic (exact) mass is 873 g/mol. The third-order valence-corrected chi connectivity index (χ3v) is 9.68. The van der Waals surface area contributed by atoms with E-state index in [1.54, 1.807) is 0 Å². The molecule has 0 unspecified atom stereocenters. The van der Waals surface area contributed by atoms with Crippen LogP contribution in [-0.4, -0.2) is 9.97 Å². The molecule has 5 aromatic carbocycles. The molecule has 0 amide bonds. The molecule has 0 aliphatic carbocycles. The van der Waals surface area contributed by atoms with E-state index in [1.165, 1.54) is 44.0 Å². The largest absolute Gasteiger partial charge is 0.500 e. The molecule has 0 atom stereocenters. The molecule has 0 aliphatic rings. The van der Waals surface area contributed by atoms with Crippen LogP contribution in [0.25, 0.3) is 66.0 Å². The SMILES string of the molecule is Cc1c[c-]c(-c2cc(C)c(CC(C)(C)C)cn2)cc1.Cc1cnc(-c2[c-]ccc3c2oc2c3ccc3ccc4ccccc4c32)cc1CC(C)(C)C.[Ir]. The van der Waals surface area contributed by atoms with Crippen molar-refractivity contribution < 1.29 is 24.5 Å². The average molecular weight is 873 g/mol. The van der Waals surface area contributed by atoms with Crippen LogP contribution in [0.1, 0.15) is 69.4 Å². The molecule has 3 heterocycles. The number of fused-ring (bicyclic) bond motifs is 7. The Morgan fingerprint density at radius 2 is 1.28 bits per heavy atom. The zero-order valence-electron chi connectivity index (χ0n) is 32.4. The van der Waals surface area contributed by atoms with Gasteiger partial charge in [0.05, 0.1) is 5.58 Å². The summed E-state index contributed by atoms with van der Waals surface area (Å²) in [6.45, 7) is 20.0. The Hall–Kier alpha value is -4.63. The summed E-state index contributed by atoms with van der Waals surface area (Å²) < 4.78 is 6.66. The molecular formula is C49H48IrN2O-2. The second-order valence-electron chi connectivity index (χ2n) is 16.8. The minimum absolute atomic E-state index is 0. The number of rotatable bonds is 4. The molecule has 0 fully saturated rings. The fourth-order valence-electron chi connectivity index (χ4n) is 7.09. The Labute approximate surface area is 328 Å². The maximum Gasteiger partial charge on any atom is 0.129 e. The summed E-state index contributed by atoms with van der Waals surface area (Å²) in [5.74, 6) is 0. The normalized spacial score (nSPS) is 11.9. The molecule has 0 saturated heterocycles. The molecule has 0 spiro atoms. The number of furan rings is 1. The van der Waals surface area contributed by atoms with Crippen molar-refractivity contribution in [1.82, 2.24) is 9.97 Å². The Morgan fingerprint density at radius 1 is 0.604 bits per heavy atom. The van der Waals surface area contributed by atoms with Gasteiger partial charge in [0.15, 0.2) is 0 Å². The smallest absolute Gasteiger partial charge is 0.129 e. The van der Waals surface area contributed by atoms with Gasteiger partial charge >= 0.3 is 0 Å². The molecule has 4 heteroatoms. The zero-order chi connectivity index (χ0) is 36.8. The third-order valence-electron chi connectivity index (χ3n) is 9.68. The summed E-state index contributed by atoms with van der Waals surface area (Å²) in [7, 11) is 0. The second kappa shape index (κ2) is 15.0. The topological polar surface area (TPSA) is 38.9 Å². The number of benzene rings is 5. The first-order valence-corrected chi connectivity index (χ1v) is 18.3. The Bertz CT molecular complexity index is 2570. The summed E-state index contributed by atoms with van der Waals surface area (Å²) >= 11 is 0. The molecule has 8 rings (SSSR count). The van der Waals surface area contributed by atoms with Gasteiger partial charge in [-0.05, 0) is 76.2 Å². The van der Waals surface area contributed by atoms with Crippen LogP contribution in [0, 0.1) is 43.7 Å². The van der Waals surface area contributed by atoms with E-state index in [2.05, 4.69) is 158 Å². The van der Waals surface area contributed by atoms with Crippen molar-refractivity contribution in [3.05, 3.63) is 143 Å². The molecule has 0 aliphatic heterocycles. The molecule has 0 saturated carbocycles. The zero-order valence-corrected chi connectivity index (χ0v) is 34.8. The summed E-state index contributed by atoms with van der Waals surface area (Å²) in [6.07, 6.45) is 6.06. The minimum atomic E-state index is 0. The van der Waals surface area contributed by atoms with Gasteiger partial charge in [0.2, 0.25) is 0 Å². The van der Waals surface area contributed by atoms with Crippen molar-refractivity contribution in [2.45, 2.75) is 75.2 Å². The van der Waals surface area contributed by atoms with Crippen LogP contribution in [-0.2, 0) is 32.9 Å². The molecule has 1 radical (unpaired) electrons. The van der Waals surface area contributed by atoms with Gasteiger partial charge in [0.1, 0.15) is 5.58 Å². The molecule has 0 bridgehead atoms. The fourth-order valence-corrected chi connectivity index (χ4v) is 7.09. The number of pyridine rings is 2. The van der Waals surface area contributed by atoms with Crippen LogP contribution in [0.4, 0.5) is 0 Å². The molecular weight excluding hydrogens is 825 g/mol. The van der Waals surface area contributed by atoms with Crippen molar-refractivity contribution >= 4 is 43.5 Å². The van der Waals surface area contributed by atoms with E-state index in [1.807, 2.05) is 24.5 Å². The number of aromatic nitrogens is 2. The van der Waals surface area contributed by atoms with Crippen LogP contribution in [0.3, 0.4) is 0 Å². The third kappa shape index (κ3) is 8.30. The molecule has 271 valence electrons. The van der Waals surface area contributed by atoms with Crippen LogP contribution >= 0.6 is 0 Å². The van der Waals surface area contributed by atoms with Gasteiger partial charge < -0.3 is 14.4 Å². The predicted octanol–water partition coefficient (Wildman–Crippen LogP) is 13.4. The van der Waals surface area contributed by atoms with Gasteiger partial charge in [-0.3, -0.25) is 0 Å². The van der Waals surface area contributed by atoms with Crippen LogP contribution < -0.4 is 0 Å². The van der Waals surface area contributed by atoms with E-state index in [-0.39, 0.29) is 25.5 Å². The van der Waals surface area contributed by atoms with Crippen molar-refractivity contribution in [1.29, 1.82) is 0 Å². The van der Waals surface area contributed by atoms with E-state index in [0.29, 0.717) is 5.41 Å². The average Bonchev–Trinajstić information content (AvgIpc) is 3.49. The van der Waals surface area contributed by atoms with E-state index in [9.17, 15) is 0 Å². The number of aryl methyl sites for hydroxylation is 3. The maximum absolute atomic E-state index is 6.66. The maximum atomic E-state index is 6.66. The summed E-state index contributed by atoms with van der Waals surface area (Å²) in [4.78, 5) is 9.37. The number of nitrogens with zero attached hydrogens (tertiary/aromatic N) is 2. The van der Waals surface area contributed by atoms with Gasteiger partial charge in [0, 0.05) is 43.3 Å². The molecule has 53 heavy (non-hydrogen) atoms. The van der Waals surface area contributed by atoms with Crippen molar-refractivity contribution in [2.24, 2.45) is 10.8 Å². The summed E-state index contributed by atoms with van der Waals surface area (Å²) in [5, 5.41) is 7.02. The van der Waals surface area contributed by atoms with Gasteiger partial charge in [-0.25, -0.2) is 0 Å². The van der Waals surface area contributed by atoms with Crippen LogP contribution in [0.15, 0.2) is 108 Å². The number of hydrogen-bond acceptors (Lipinski definition) is 3. The van der Waals surface area contributed by atoms with Crippen molar-refractivity contribution in [3.8, 4) is 22.5 Å². The van der Waals surface area contributed by atoms with E-state index in [0.717, 1.165) is 62.7 Å². The van der Waals surface area contributed by atoms with Crippen LogP contribution in [0.5, 0.6) is 0 Å². The quantitative estimate of drug-likeness (QED) is 0.131. The Balaban J connectivity index is 0.000000206. The van der Waals surface area contributed by atoms with Crippen LogP contribution in [0.2, 0.25) is 0 Å². The molecule has 3 nitrogen and oxygen atoms in total. The van der Waals surface area contributed by atoms with E-state index in [4.69, 9.17) is 9.40 Å². The molecule has 0 N–H and O–H groups in total. The number of hydrogen-bond donors (Lipinski definition) is 0. The summed E-state index contributed by atoms with van der Waals surface area (Å²) in [6, 6.07) is 38.6. The minimum Gasteiger partial charge on any atom is -0.500 e. The van der Waals surface area contributed by atoms with Crippen molar-refractivity contribution in [3.63, 3.8) is 0 Å². The first kappa shape index (κ1) is 38.1. The van der Waals surface area contributed by atoms with Gasteiger partial charge in [-0.2, -0.15) is 0 Å². The second-order valence-corrected chi connectivity index (χ2v) is 16.8. The Kier molecular flexibility index (Phi) is 10.8. The first-order valence-electron chi connectivity index (χ1n) is 18.3. The fraction of sp³-hybridized carbons (Fsp3) is 0.265. The summed E-state index contributed by atoms with van der Waals surface area (Å²) in [5.41, 5.74) is 12.6. The predicted molar refractivity (Wildman–Crippen MR) is 220 cm³/mol. The van der Waals surface area contributed by atoms with E-state index < -0.39 is 0 Å². The van der Waals surface area contributed by atoms with E-state index >= 15 is 0 Å². The van der Waals surface area contributed by atoms with Gasteiger partial charge in [-0.15, -0.1) is 53.6 Å². The molecule has 3 aromatic heterocycles. The standard InChI is InChI=1S/C31H26NO.C18H22N.Ir/c1-19-18-32-27(16-22(19)17-31(2,3)4)26-11-7-10-24-25-15-14-21-13-12-20-8-5-6-9-23(20)28(21)30(25)33-29(24)26;1-13-6-8-15(9-7-13)17-10-14(2)16(12-19-17)11-18(3,4)5;/h5-10,12-16,18H,17H2,1-4H3;6-8,10,12H,11H2,1-5H3;/q2*-1;. The van der Waals surface area contributed by atoms with Gasteiger partial charge in [-0.1, -0.05) is 131 Å². The van der Waals surface area contributed by atoms with Gasteiger partial charge in [0.25, 0.3) is 0 Å². The van der Waals surface area contributed by atoms with Crippen molar-refractivity contribution in [2.75, 3.05) is 0 Å². The molecule has 8 aromatic rings. The Morgan fingerprint density at radius 3 is 2.00 bits per heavy atom.